The monoisotopic (exact) mass is 253 g/mol. The first-order valence-electron chi connectivity index (χ1n) is 3.60. The number of hydrogen-bond acceptors (Lipinski definition) is 1. The van der Waals surface area contributed by atoms with E-state index < -0.39 is 0 Å². The van der Waals surface area contributed by atoms with E-state index in [1.807, 2.05) is 6.92 Å². The molecule has 0 spiro atoms. The first-order valence-corrected chi connectivity index (χ1v) is 5.13. The van der Waals surface area contributed by atoms with Gasteiger partial charge in [0.1, 0.15) is 0 Å². The van der Waals surface area contributed by atoms with Gasteiger partial charge >= 0.3 is 0 Å². The van der Waals surface area contributed by atoms with Crippen molar-refractivity contribution in [3.05, 3.63) is 5.21 Å². The highest BCUT2D eigenvalue weighted by Crippen LogP contribution is 2.14. The zero-order valence-electron chi connectivity index (χ0n) is 6.14. The van der Waals surface area contributed by atoms with Crippen LogP contribution in [-0.4, -0.2) is 20.9 Å². The molecule has 1 atom stereocenters. The second-order valence-electron chi connectivity index (χ2n) is 2.76. The quantitative estimate of drug-likeness (QED) is 0.303. The highest BCUT2D eigenvalue weighted by molar-refractivity contribution is 14.1. The summed E-state index contributed by atoms with van der Waals surface area (Å²) in [6, 6.07) is 0.259. The van der Waals surface area contributed by atoms with E-state index in [-0.39, 0.29) is 6.04 Å². The molecule has 1 aliphatic heterocycles. The molecule has 0 aromatic carbocycles. The minimum Gasteiger partial charge on any atom is -0.624 e. The van der Waals surface area contributed by atoms with Gasteiger partial charge in [0.25, 0.3) is 0 Å². The summed E-state index contributed by atoms with van der Waals surface area (Å²) in [6.07, 6.45) is 3.26. The van der Waals surface area contributed by atoms with Crippen LogP contribution in [0.4, 0.5) is 0 Å². The molecule has 1 heterocycles. The average Bonchev–Trinajstić information content (AvgIpc) is 1.95. The van der Waals surface area contributed by atoms with Crippen molar-refractivity contribution in [3.8, 4) is 0 Å². The van der Waals surface area contributed by atoms with Gasteiger partial charge < -0.3 is 5.21 Å². The molecule has 1 unspecified atom stereocenters. The van der Waals surface area contributed by atoms with Gasteiger partial charge in [0.2, 0.25) is 0 Å². The fourth-order valence-corrected chi connectivity index (χ4v) is 2.07. The summed E-state index contributed by atoms with van der Waals surface area (Å²) in [5.41, 5.74) is 1.01. The molecular formula is C7H12INO. The molecule has 1 rings (SSSR count). The number of hydrogen-bond donors (Lipinski definition) is 0. The van der Waals surface area contributed by atoms with Gasteiger partial charge in [0, 0.05) is 19.8 Å². The molecule has 0 saturated carbocycles. The van der Waals surface area contributed by atoms with Crippen molar-refractivity contribution in [2.75, 3.05) is 4.43 Å². The molecule has 0 amide bonds. The van der Waals surface area contributed by atoms with Crippen molar-refractivity contribution in [1.82, 2.24) is 0 Å². The third-order valence-corrected chi connectivity index (χ3v) is 2.98. The minimum absolute atomic E-state index is 0.259. The Bertz CT molecular complexity index is 156. The second kappa shape index (κ2) is 3.55. The maximum Gasteiger partial charge on any atom is 0.172 e. The van der Waals surface area contributed by atoms with Crippen LogP contribution >= 0.6 is 22.6 Å². The Kier molecular flexibility index (Phi) is 2.95. The molecule has 10 heavy (non-hydrogen) atoms. The van der Waals surface area contributed by atoms with Crippen molar-refractivity contribution in [1.29, 1.82) is 0 Å². The van der Waals surface area contributed by atoms with Crippen LogP contribution in [0.3, 0.4) is 0 Å². The normalized spacial score (nSPS) is 27.2. The topological polar surface area (TPSA) is 26.1 Å². The lowest BCUT2D eigenvalue weighted by Gasteiger charge is -2.21. The van der Waals surface area contributed by atoms with Crippen LogP contribution in [0.25, 0.3) is 0 Å². The Morgan fingerprint density at radius 3 is 3.00 bits per heavy atom. The van der Waals surface area contributed by atoms with E-state index >= 15 is 0 Å². The van der Waals surface area contributed by atoms with Crippen LogP contribution in [0.15, 0.2) is 0 Å². The Balaban J connectivity index is 2.68. The fraction of sp³-hybridized carbons (Fsp3) is 0.857. The number of nitrogens with zero attached hydrogens (tertiary/aromatic N) is 1. The summed E-state index contributed by atoms with van der Waals surface area (Å²) in [5.74, 6) is 0. The van der Waals surface area contributed by atoms with Crippen LogP contribution in [0.5, 0.6) is 0 Å². The van der Waals surface area contributed by atoms with E-state index in [1.54, 1.807) is 0 Å². The van der Waals surface area contributed by atoms with Gasteiger partial charge in [0.05, 0.1) is 4.43 Å². The molecule has 2 nitrogen and oxygen atoms in total. The zero-order chi connectivity index (χ0) is 7.56. The lowest BCUT2D eigenvalue weighted by molar-refractivity contribution is -0.501. The highest BCUT2D eigenvalue weighted by Gasteiger charge is 2.21. The van der Waals surface area contributed by atoms with Gasteiger partial charge in [0.15, 0.2) is 11.8 Å². The van der Waals surface area contributed by atoms with E-state index in [0.717, 1.165) is 23.0 Å². The van der Waals surface area contributed by atoms with Crippen molar-refractivity contribution in [2.45, 2.75) is 32.2 Å². The Morgan fingerprint density at radius 1 is 1.80 bits per heavy atom. The number of hydroxylamine groups is 1. The summed E-state index contributed by atoms with van der Waals surface area (Å²) in [6.45, 7) is 1.94. The smallest absolute Gasteiger partial charge is 0.172 e. The fourth-order valence-electron chi connectivity index (χ4n) is 1.27. The molecule has 0 aromatic heterocycles. The van der Waals surface area contributed by atoms with Crippen LogP contribution < -0.4 is 0 Å². The second-order valence-corrected chi connectivity index (χ2v) is 3.64. The molecular weight excluding hydrogens is 241 g/mol. The SMILES string of the molecule is CC1=[N+]([O-])C(CI)CCC1. The Morgan fingerprint density at radius 2 is 2.50 bits per heavy atom. The first kappa shape index (κ1) is 8.30. The Hall–Kier alpha value is 0.200. The van der Waals surface area contributed by atoms with E-state index in [9.17, 15) is 5.21 Å². The molecule has 3 heteroatoms. The predicted octanol–water partition coefficient (Wildman–Crippen LogP) is 1.95. The van der Waals surface area contributed by atoms with Crippen LogP contribution in [-0.2, 0) is 0 Å². The molecule has 0 N–H and O–H groups in total. The summed E-state index contributed by atoms with van der Waals surface area (Å²) < 4.78 is 2.15. The summed E-state index contributed by atoms with van der Waals surface area (Å²) in [5, 5.41) is 11.2. The largest absolute Gasteiger partial charge is 0.624 e. The van der Waals surface area contributed by atoms with Crippen LogP contribution in [0.2, 0.25) is 0 Å². The summed E-state index contributed by atoms with van der Waals surface area (Å²) >= 11 is 2.28. The molecule has 0 aromatic rings. The molecule has 1 aliphatic rings. The average molecular weight is 253 g/mol. The maximum atomic E-state index is 11.2. The third kappa shape index (κ3) is 1.62. The first-order chi connectivity index (χ1) is 4.75. The highest BCUT2D eigenvalue weighted by atomic mass is 127. The molecule has 0 aliphatic carbocycles. The molecule has 0 radical (unpaired) electrons. The number of halogens is 1. The van der Waals surface area contributed by atoms with E-state index in [1.165, 1.54) is 11.2 Å². The lowest BCUT2D eigenvalue weighted by atomic mass is 10.1. The van der Waals surface area contributed by atoms with Crippen molar-refractivity contribution in [3.63, 3.8) is 0 Å². The number of alkyl halides is 1. The minimum atomic E-state index is 0.259. The van der Waals surface area contributed by atoms with Gasteiger partial charge in [-0.1, -0.05) is 22.6 Å². The predicted molar refractivity (Wildman–Crippen MR) is 50.8 cm³/mol. The van der Waals surface area contributed by atoms with Crippen LogP contribution in [0, 0.1) is 5.21 Å². The molecule has 0 bridgehead atoms. The Labute approximate surface area is 75.0 Å². The zero-order valence-corrected chi connectivity index (χ0v) is 8.30. The number of rotatable bonds is 1. The lowest BCUT2D eigenvalue weighted by Crippen LogP contribution is -2.31. The van der Waals surface area contributed by atoms with Gasteiger partial charge in [-0.3, -0.25) is 0 Å². The van der Waals surface area contributed by atoms with Gasteiger partial charge in [-0.25, -0.2) is 4.74 Å². The van der Waals surface area contributed by atoms with E-state index in [4.69, 9.17) is 0 Å². The van der Waals surface area contributed by atoms with Crippen LogP contribution in [0.1, 0.15) is 26.2 Å². The summed E-state index contributed by atoms with van der Waals surface area (Å²) in [4.78, 5) is 0. The van der Waals surface area contributed by atoms with Crippen molar-refractivity contribution in [2.24, 2.45) is 0 Å². The third-order valence-electron chi connectivity index (χ3n) is 1.96. The van der Waals surface area contributed by atoms with E-state index in [0.29, 0.717) is 0 Å². The van der Waals surface area contributed by atoms with Gasteiger partial charge in [-0.05, 0) is 6.42 Å². The van der Waals surface area contributed by atoms with Crippen molar-refractivity contribution < 1.29 is 4.74 Å². The van der Waals surface area contributed by atoms with Gasteiger partial charge in [-0.15, -0.1) is 0 Å². The van der Waals surface area contributed by atoms with E-state index in [2.05, 4.69) is 22.6 Å². The van der Waals surface area contributed by atoms with Crippen molar-refractivity contribution >= 4 is 28.3 Å². The molecule has 0 saturated heterocycles. The maximum absolute atomic E-state index is 11.2. The summed E-state index contributed by atoms with van der Waals surface area (Å²) in [7, 11) is 0. The van der Waals surface area contributed by atoms with Gasteiger partial charge in [-0.2, -0.15) is 0 Å². The molecule has 0 fully saturated rings. The standard InChI is InChI=1S/C7H12INO/c1-6-3-2-4-7(5-8)9(6)10/h7H,2-5H2,1H3. The molecule has 58 valence electrons.